The van der Waals surface area contributed by atoms with Crippen molar-refractivity contribution in [3.8, 4) is 0 Å². The molecule has 4 N–H and O–H groups in total. The van der Waals surface area contributed by atoms with Crippen molar-refractivity contribution < 1.29 is 9.94 Å². The molecule has 20 heavy (non-hydrogen) atoms. The number of methoxy groups -OCH3 is 1. The van der Waals surface area contributed by atoms with E-state index in [1.54, 1.807) is 7.11 Å². The Hall–Kier alpha value is -1.59. The van der Waals surface area contributed by atoms with Crippen molar-refractivity contribution >= 4 is 5.84 Å². The van der Waals surface area contributed by atoms with E-state index in [-0.39, 0.29) is 11.9 Å². The van der Waals surface area contributed by atoms with Crippen LogP contribution in [0.4, 0.5) is 0 Å². The van der Waals surface area contributed by atoms with Gasteiger partial charge in [-0.2, -0.15) is 0 Å². The Kier molecular flexibility index (Phi) is 8.42. The summed E-state index contributed by atoms with van der Waals surface area (Å²) in [5, 5.41) is 15.2. The number of nitrogens with zero attached hydrogens (tertiary/aromatic N) is 1. The van der Waals surface area contributed by atoms with Gasteiger partial charge in [-0.1, -0.05) is 35.5 Å². The molecule has 0 heterocycles. The zero-order valence-corrected chi connectivity index (χ0v) is 12.1. The summed E-state index contributed by atoms with van der Waals surface area (Å²) in [5.41, 5.74) is 6.77. The van der Waals surface area contributed by atoms with Crippen LogP contribution in [-0.4, -0.2) is 31.3 Å². The highest BCUT2D eigenvalue weighted by atomic mass is 16.5. The van der Waals surface area contributed by atoms with E-state index in [2.05, 4.69) is 10.5 Å². The van der Waals surface area contributed by atoms with E-state index in [0.717, 1.165) is 38.0 Å². The normalized spacial score (nSPS) is 13.3. The molecule has 0 aromatic heterocycles. The average Bonchev–Trinajstić information content (AvgIpc) is 2.50. The predicted molar refractivity (Wildman–Crippen MR) is 80.9 cm³/mol. The Morgan fingerprint density at radius 1 is 1.30 bits per heavy atom. The standard InChI is InChI=1S/C15H25N3O2/c1-20-11-7-3-6-10-17-14(12-15(16)18-19)13-8-4-2-5-9-13/h2,4-5,8-9,14,17,19H,3,6-7,10-12H2,1H3,(H2,16,18). The summed E-state index contributed by atoms with van der Waals surface area (Å²) in [6.45, 7) is 1.72. The Morgan fingerprint density at radius 3 is 2.70 bits per heavy atom. The summed E-state index contributed by atoms with van der Waals surface area (Å²) in [6, 6.07) is 10.1. The van der Waals surface area contributed by atoms with E-state index in [0.29, 0.717) is 6.42 Å². The van der Waals surface area contributed by atoms with Crippen molar-refractivity contribution in [3.05, 3.63) is 35.9 Å². The van der Waals surface area contributed by atoms with Gasteiger partial charge in [0.2, 0.25) is 0 Å². The van der Waals surface area contributed by atoms with Crippen LogP contribution in [0.25, 0.3) is 0 Å². The first-order valence-corrected chi connectivity index (χ1v) is 7.01. The molecule has 112 valence electrons. The quantitative estimate of drug-likeness (QED) is 0.202. The topological polar surface area (TPSA) is 79.9 Å². The van der Waals surface area contributed by atoms with Gasteiger partial charge in [-0.15, -0.1) is 0 Å². The van der Waals surface area contributed by atoms with Crippen LogP contribution in [0.2, 0.25) is 0 Å². The lowest BCUT2D eigenvalue weighted by atomic mass is 10.0. The second-order valence-electron chi connectivity index (χ2n) is 4.77. The fourth-order valence-electron chi connectivity index (χ4n) is 2.07. The van der Waals surface area contributed by atoms with E-state index in [1.807, 2.05) is 30.3 Å². The van der Waals surface area contributed by atoms with Gasteiger partial charge in [-0.25, -0.2) is 0 Å². The number of rotatable bonds is 10. The van der Waals surface area contributed by atoms with Crippen LogP contribution in [0.1, 0.15) is 37.3 Å². The summed E-state index contributed by atoms with van der Waals surface area (Å²) in [6.07, 6.45) is 3.79. The summed E-state index contributed by atoms with van der Waals surface area (Å²) in [5.74, 6) is 0.241. The molecule has 1 aromatic carbocycles. The molecular weight excluding hydrogens is 254 g/mol. The van der Waals surface area contributed by atoms with Crippen LogP contribution >= 0.6 is 0 Å². The Bertz CT molecular complexity index is 382. The zero-order chi connectivity index (χ0) is 14.6. The molecule has 5 nitrogen and oxygen atoms in total. The third-order valence-electron chi connectivity index (χ3n) is 3.16. The van der Waals surface area contributed by atoms with Gasteiger partial charge in [0.1, 0.15) is 5.84 Å². The van der Waals surface area contributed by atoms with Gasteiger partial charge >= 0.3 is 0 Å². The average molecular weight is 279 g/mol. The number of ether oxygens (including phenoxy) is 1. The van der Waals surface area contributed by atoms with E-state index in [1.165, 1.54) is 0 Å². The molecule has 0 radical (unpaired) electrons. The number of hydrogen-bond donors (Lipinski definition) is 3. The predicted octanol–water partition coefficient (Wildman–Crippen LogP) is 2.27. The second kappa shape index (κ2) is 10.2. The van der Waals surface area contributed by atoms with E-state index < -0.39 is 0 Å². The molecule has 0 aliphatic carbocycles. The maximum atomic E-state index is 8.72. The minimum absolute atomic E-state index is 0.0783. The molecule has 5 heteroatoms. The molecule has 0 aliphatic heterocycles. The van der Waals surface area contributed by atoms with E-state index in [9.17, 15) is 0 Å². The van der Waals surface area contributed by atoms with Gasteiger partial charge in [0.25, 0.3) is 0 Å². The first kappa shape index (κ1) is 16.5. The van der Waals surface area contributed by atoms with Gasteiger partial charge in [-0.3, -0.25) is 0 Å². The molecule has 1 aromatic rings. The van der Waals surface area contributed by atoms with Crippen LogP contribution < -0.4 is 11.1 Å². The van der Waals surface area contributed by atoms with Crippen molar-refractivity contribution in [3.63, 3.8) is 0 Å². The van der Waals surface area contributed by atoms with Crippen molar-refractivity contribution in [2.75, 3.05) is 20.3 Å². The molecule has 0 spiro atoms. The minimum atomic E-state index is 0.0783. The van der Waals surface area contributed by atoms with Gasteiger partial charge < -0.3 is 21.0 Å². The van der Waals surface area contributed by atoms with Gasteiger partial charge in [0.15, 0.2) is 0 Å². The van der Waals surface area contributed by atoms with Crippen molar-refractivity contribution in [2.45, 2.75) is 31.7 Å². The fraction of sp³-hybridized carbons (Fsp3) is 0.533. The van der Waals surface area contributed by atoms with Gasteiger partial charge in [-0.05, 0) is 31.4 Å². The number of hydrogen-bond acceptors (Lipinski definition) is 4. The molecule has 1 unspecified atom stereocenters. The molecule has 1 atom stereocenters. The van der Waals surface area contributed by atoms with Crippen molar-refractivity contribution in [1.82, 2.24) is 5.32 Å². The highest BCUT2D eigenvalue weighted by Crippen LogP contribution is 2.16. The number of nitrogens with one attached hydrogen (secondary N) is 1. The van der Waals surface area contributed by atoms with Crippen LogP contribution in [0.15, 0.2) is 35.5 Å². The highest BCUT2D eigenvalue weighted by molar-refractivity contribution is 5.80. The number of benzene rings is 1. The zero-order valence-electron chi connectivity index (χ0n) is 12.1. The fourth-order valence-corrected chi connectivity index (χ4v) is 2.07. The van der Waals surface area contributed by atoms with Crippen molar-refractivity contribution in [1.29, 1.82) is 0 Å². The van der Waals surface area contributed by atoms with Crippen LogP contribution in [0.5, 0.6) is 0 Å². The summed E-state index contributed by atoms with van der Waals surface area (Å²) >= 11 is 0. The molecule has 1 rings (SSSR count). The number of nitrogens with two attached hydrogens (primary N) is 1. The molecule has 0 saturated heterocycles. The Labute approximate surface area is 120 Å². The lowest BCUT2D eigenvalue weighted by Crippen LogP contribution is -2.27. The summed E-state index contributed by atoms with van der Waals surface area (Å²) in [4.78, 5) is 0. The SMILES string of the molecule is COCCCCCNC(C/C(N)=N/O)c1ccccc1. The maximum absolute atomic E-state index is 8.72. The number of amidine groups is 1. The maximum Gasteiger partial charge on any atom is 0.141 e. The van der Waals surface area contributed by atoms with Crippen LogP contribution in [-0.2, 0) is 4.74 Å². The second-order valence-corrected chi connectivity index (χ2v) is 4.77. The lowest BCUT2D eigenvalue weighted by Gasteiger charge is -2.18. The van der Waals surface area contributed by atoms with Crippen LogP contribution in [0, 0.1) is 0 Å². The first-order chi connectivity index (χ1) is 9.77. The third-order valence-corrected chi connectivity index (χ3v) is 3.16. The smallest absolute Gasteiger partial charge is 0.141 e. The molecule has 0 fully saturated rings. The van der Waals surface area contributed by atoms with Crippen molar-refractivity contribution in [2.24, 2.45) is 10.9 Å². The Morgan fingerprint density at radius 2 is 2.05 bits per heavy atom. The summed E-state index contributed by atoms with van der Waals surface area (Å²) in [7, 11) is 1.72. The molecular formula is C15H25N3O2. The first-order valence-electron chi connectivity index (χ1n) is 7.01. The van der Waals surface area contributed by atoms with Gasteiger partial charge in [0, 0.05) is 26.2 Å². The van der Waals surface area contributed by atoms with E-state index in [4.69, 9.17) is 15.7 Å². The number of unbranched alkanes of at least 4 members (excludes halogenated alkanes) is 2. The Balaban J connectivity index is 2.43. The molecule has 0 bridgehead atoms. The highest BCUT2D eigenvalue weighted by Gasteiger charge is 2.12. The molecule has 0 aliphatic rings. The monoisotopic (exact) mass is 279 g/mol. The molecule has 0 saturated carbocycles. The van der Waals surface area contributed by atoms with Crippen LogP contribution in [0.3, 0.4) is 0 Å². The van der Waals surface area contributed by atoms with Gasteiger partial charge in [0.05, 0.1) is 0 Å². The van der Waals surface area contributed by atoms with E-state index >= 15 is 0 Å². The summed E-state index contributed by atoms with van der Waals surface area (Å²) < 4.78 is 5.03. The minimum Gasteiger partial charge on any atom is -0.409 e. The number of oxime groups is 1. The largest absolute Gasteiger partial charge is 0.409 e. The lowest BCUT2D eigenvalue weighted by molar-refractivity contribution is 0.192. The third kappa shape index (κ3) is 6.54. The molecule has 0 amide bonds.